The van der Waals surface area contributed by atoms with Gasteiger partial charge in [-0.25, -0.2) is 8.42 Å². The van der Waals surface area contributed by atoms with Crippen LogP contribution < -0.4 is 0 Å². The number of rotatable bonds is 5. The minimum atomic E-state index is -3.30. The van der Waals surface area contributed by atoms with Crippen LogP contribution in [0.3, 0.4) is 0 Å². The van der Waals surface area contributed by atoms with Crippen molar-refractivity contribution >= 4 is 15.8 Å². The number of aromatic nitrogens is 2. The van der Waals surface area contributed by atoms with E-state index < -0.39 is 26.5 Å². The first-order chi connectivity index (χ1) is 8.81. The van der Waals surface area contributed by atoms with Crippen LogP contribution in [0, 0.1) is 0 Å². The second kappa shape index (κ2) is 4.59. The Labute approximate surface area is 111 Å². The zero-order valence-corrected chi connectivity index (χ0v) is 11.9. The molecule has 1 saturated carbocycles. The highest BCUT2D eigenvalue weighted by Crippen LogP contribution is 2.48. The summed E-state index contributed by atoms with van der Waals surface area (Å²) >= 11 is 0. The lowest BCUT2D eigenvalue weighted by atomic mass is 10.1. The smallest absolute Gasteiger partial charge is 0.321 e. The van der Waals surface area contributed by atoms with E-state index in [0.29, 0.717) is 12.8 Å². The molecule has 0 N–H and O–H groups in total. The molecule has 1 unspecified atom stereocenters. The lowest BCUT2D eigenvalue weighted by Gasteiger charge is -2.08. The summed E-state index contributed by atoms with van der Waals surface area (Å²) in [4.78, 5) is 15.9. The van der Waals surface area contributed by atoms with Crippen molar-refractivity contribution in [3.05, 3.63) is 11.7 Å². The van der Waals surface area contributed by atoms with Crippen LogP contribution in [0.15, 0.2) is 4.52 Å². The predicted molar refractivity (Wildman–Crippen MR) is 65.1 cm³/mol. The van der Waals surface area contributed by atoms with E-state index in [-0.39, 0.29) is 18.3 Å². The number of carbonyl (C=O) groups excluding carboxylic acids is 1. The zero-order chi connectivity index (χ0) is 14.3. The number of hydrogen-bond acceptors (Lipinski definition) is 7. The van der Waals surface area contributed by atoms with Crippen molar-refractivity contribution in [1.82, 2.24) is 10.1 Å². The van der Waals surface area contributed by atoms with Crippen molar-refractivity contribution in [3.8, 4) is 0 Å². The number of carbonyl (C=O) groups is 1. The number of sulfone groups is 1. The molecule has 1 heterocycles. The van der Waals surface area contributed by atoms with Gasteiger partial charge in [-0.3, -0.25) is 4.79 Å². The number of ether oxygens (including phenoxy) is 1. The second-order valence-electron chi connectivity index (χ2n) is 4.73. The Balaban J connectivity index is 2.25. The minimum absolute atomic E-state index is 0.0769. The van der Waals surface area contributed by atoms with E-state index in [0.717, 1.165) is 6.26 Å². The molecular weight excluding hydrogens is 272 g/mol. The zero-order valence-electron chi connectivity index (χ0n) is 11.0. The van der Waals surface area contributed by atoms with Gasteiger partial charge >= 0.3 is 5.97 Å². The van der Waals surface area contributed by atoms with Gasteiger partial charge in [0.05, 0.1) is 6.61 Å². The third-order valence-electron chi connectivity index (χ3n) is 3.27. The number of nitrogens with zero attached hydrogens (tertiary/aromatic N) is 2. The molecule has 0 spiro atoms. The van der Waals surface area contributed by atoms with E-state index in [1.165, 1.54) is 6.92 Å². The first-order valence-corrected chi connectivity index (χ1v) is 7.97. The van der Waals surface area contributed by atoms with Crippen molar-refractivity contribution in [2.75, 3.05) is 12.9 Å². The Hall–Kier alpha value is -1.44. The van der Waals surface area contributed by atoms with Gasteiger partial charge in [-0.05, 0) is 26.7 Å². The van der Waals surface area contributed by atoms with Gasteiger partial charge in [-0.2, -0.15) is 4.98 Å². The molecule has 1 aromatic rings. The quantitative estimate of drug-likeness (QED) is 0.738. The van der Waals surface area contributed by atoms with Crippen LogP contribution in [0.4, 0.5) is 0 Å². The van der Waals surface area contributed by atoms with Crippen LogP contribution in [0.2, 0.25) is 0 Å². The summed E-state index contributed by atoms with van der Waals surface area (Å²) in [6.45, 7) is 3.48. The summed E-state index contributed by atoms with van der Waals surface area (Å²) in [7, 11) is -3.30. The average molecular weight is 288 g/mol. The maximum absolute atomic E-state index is 11.8. The SMILES string of the molecule is CCOC(=O)C1(c2nc(C(C)S(C)(=O)=O)no2)CC1. The van der Waals surface area contributed by atoms with Crippen LogP contribution in [-0.4, -0.2) is 37.4 Å². The van der Waals surface area contributed by atoms with Crippen molar-refractivity contribution in [3.63, 3.8) is 0 Å². The van der Waals surface area contributed by atoms with Crippen molar-refractivity contribution in [2.24, 2.45) is 0 Å². The molecule has 1 aliphatic rings. The summed E-state index contributed by atoms with van der Waals surface area (Å²) in [5, 5.41) is 2.80. The number of esters is 1. The monoisotopic (exact) mass is 288 g/mol. The molecule has 0 saturated heterocycles. The van der Waals surface area contributed by atoms with E-state index in [9.17, 15) is 13.2 Å². The minimum Gasteiger partial charge on any atom is -0.465 e. The highest BCUT2D eigenvalue weighted by atomic mass is 32.2. The third kappa shape index (κ3) is 2.49. The molecule has 0 aliphatic heterocycles. The van der Waals surface area contributed by atoms with E-state index >= 15 is 0 Å². The highest BCUT2D eigenvalue weighted by molar-refractivity contribution is 7.90. The van der Waals surface area contributed by atoms with E-state index in [2.05, 4.69) is 10.1 Å². The summed E-state index contributed by atoms with van der Waals surface area (Å²) < 4.78 is 32.9. The van der Waals surface area contributed by atoms with Gasteiger partial charge in [0.25, 0.3) is 0 Å². The largest absolute Gasteiger partial charge is 0.465 e. The predicted octanol–water partition coefficient (Wildman–Crippen LogP) is 0.770. The van der Waals surface area contributed by atoms with Gasteiger partial charge in [0.1, 0.15) is 10.7 Å². The van der Waals surface area contributed by atoms with E-state index in [1.807, 2.05) is 0 Å². The summed E-state index contributed by atoms with van der Waals surface area (Å²) in [5.41, 5.74) is -0.863. The van der Waals surface area contributed by atoms with Crippen LogP contribution in [-0.2, 0) is 24.8 Å². The summed E-state index contributed by atoms with van der Waals surface area (Å²) in [5.74, 6) is -0.165. The van der Waals surface area contributed by atoms with E-state index in [1.54, 1.807) is 6.92 Å². The topological polar surface area (TPSA) is 99.4 Å². The van der Waals surface area contributed by atoms with Crippen LogP contribution in [0.25, 0.3) is 0 Å². The fourth-order valence-corrected chi connectivity index (χ4v) is 2.16. The molecule has 0 aromatic carbocycles. The molecule has 19 heavy (non-hydrogen) atoms. The lowest BCUT2D eigenvalue weighted by Crippen LogP contribution is -2.23. The highest BCUT2D eigenvalue weighted by Gasteiger charge is 2.57. The molecule has 1 aromatic heterocycles. The lowest BCUT2D eigenvalue weighted by molar-refractivity contribution is -0.146. The van der Waals surface area contributed by atoms with Gasteiger partial charge in [0, 0.05) is 6.26 Å². The maximum Gasteiger partial charge on any atom is 0.321 e. The Morgan fingerprint density at radius 1 is 1.53 bits per heavy atom. The van der Waals surface area contributed by atoms with Gasteiger partial charge in [0.2, 0.25) is 5.89 Å². The molecule has 0 bridgehead atoms. The molecular formula is C11H16N2O5S. The van der Waals surface area contributed by atoms with Gasteiger partial charge < -0.3 is 9.26 Å². The molecule has 7 nitrogen and oxygen atoms in total. The van der Waals surface area contributed by atoms with Crippen molar-refractivity contribution in [2.45, 2.75) is 37.4 Å². The van der Waals surface area contributed by atoms with Gasteiger partial charge in [-0.15, -0.1) is 0 Å². The Morgan fingerprint density at radius 2 is 2.16 bits per heavy atom. The van der Waals surface area contributed by atoms with Crippen LogP contribution in [0.5, 0.6) is 0 Å². The van der Waals surface area contributed by atoms with Gasteiger partial charge in [0.15, 0.2) is 15.7 Å². The maximum atomic E-state index is 11.8. The average Bonchev–Trinajstić information content (AvgIpc) is 2.99. The molecule has 1 aliphatic carbocycles. The summed E-state index contributed by atoms with van der Waals surface area (Å²) in [6.07, 6.45) is 2.27. The standard InChI is InChI=1S/C11H16N2O5S/c1-4-17-10(14)11(5-6-11)9-12-8(13-18-9)7(2)19(3,15)16/h7H,4-6H2,1-3H3. The molecule has 2 rings (SSSR count). The Morgan fingerprint density at radius 3 is 2.63 bits per heavy atom. The third-order valence-corrected chi connectivity index (χ3v) is 4.77. The van der Waals surface area contributed by atoms with Crippen molar-refractivity contribution < 1.29 is 22.5 Å². The fourth-order valence-electron chi connectivity index (χ4n) is 1.69. The fraction of sp³-hybridized carbons (Fsp3) is 0.727. The Bertz CT molecular complexity index is 588. The van der Waals surface area contributed by atoms with Crippen LogP contribution in [0.1, 0.15) is 43.7 Å². The summed E-state index contributed by atoms with van der Waals surface area (Å²) in [6, 6.07) is 0. The molecule has 1 fully saturated rings. The Kier molecular flexibility index (Phi) is 3.38. The molecule has 0 amide bonds. The molecule has 0 radical (unpaired) electrons. The second-order valence-corrected chi connectivity index (χ2v) is 7.10. The van der Waals surface area contributed by atoms with Gasteiger partial charge in [-0.1, -0.05) is 5.16 Å². The van der Waals surface area contributed by atoms with E-state index in [4.69, 9.17) is 9.26 Å². The van der Waals surface area contributed by atoms with Crippen molar-refractivity contribution in [1.29, 1.82) is 0 Å². The first-order valence-electron chi connectivity index (χ1n) is 6.01. The molecule has 1 atom stereocenters. The molecule has 8 heteroatoms. The first kappa shape index (κ1) is 14.0. The normalized spacial score (nSPS) is 18.9. The molecule has 106 valence electrons. The number of hydrogen-bond donors (Lipinski definition) is 0. The van der Waals surface area contributed by atoms with Crippen LogP contribution >= 0.6 is 0 Å².